The maximum absolute atomic E-state index is 9.76. The van der Waals surface area contributed by atoms with Crippen molar-refractivity contribution in [1.82, 2.24) is 0 Å². The van der Waals surface area contributed by atoms with Gasteiger partial charge in [0.25, 0.3) is 6.47 Å². The summed E-state index contributed by atoms with van der Waals surface area (Å²) in [5, 5.41) is 0. The van der Waals surface area contributed by atoms with Gasteiger partial charge < -0.3 is 16.2 Å². The van der Waals surface area contributed by atoms with Gasteiger partial charge in [-0.25, -0.2) is 0 Å². The molecule has 0 bridgehead atoms. The molecule has 0 saturated carbocycles. The Kier molecular flexibility index (Phi) is 7.39. The van der Waals surface area contributed by atoms with Crippen LogP contribution in [-0.4, -0.2) is 6.47 Å². The molecule has 0 aliphatic heterocycles. The molecule has 0 unspecified atom stereocenters. The highest BCUT2D eigenvalue weighted by atomic mass is 79.9. The van der Waals surface area contributed by atoms with Gasteiger partial charge in [-0.05, 0) is 29.3 Å². The summed E-state index contributed by atoms with van der Waals surface area (Å²) in [5.41, 5.74) is 13.8. The van der Waals surface area contributed by atoms with Gasteiger partial charge in [0.15, 0.2) is 0 Å². The first kappa shape index (κ1) is 16.2. The van der Waals surface area contributed by atoms with E-state index in [-0.39, 0.29) is 0 Å². The van der Waals surface area contributed by atoms with E-state index >= 15 is 0 Å². The van der Waals surface area contributed by atoms with Crippen LogP contribution in [0.4, 0.5) is 5.69 Å². The van der Waals surface area contributed by atoms with E-state index in [1.165, 1.54) is 0 Å². The van der Waals surface area contributed by atoms with E-state index in [1.807, 2.05) is 48.5 Å². The van der Waals surface area contributed by atoms with Gasteiger partial charge in [0.05, 0.1) is 0 Å². The van der Waals surface area contributed by atoms with E-state index in [0.717, 1.165) is 21.3 Å². The number of benzene rings is 2. The van der Waals surface area contributed by atoms with Crippen LogP contribution in [0.1, 0.15) is 11.1 Å². The smallest absolute Gasteiger partial charge is 0.293 e. The zero-order valence-corrected chi connectivity index (χ0v) is 12.5. The molecule has 0 amide bonds. The van der Waals surface area contributed by atoms with E-state index in [0.29, 0.717) is 19.6 Å². The minimum absolute atomic E-state index is 0.365. The number of ether oxygens (including phenoxy) is 1. The van der Waals surface area contributed by atoms with Crippen molar-refractivity contribution in [2.24, 2.45) is 5.73 Å². The van der Waals surface area contributed by atoms with Gasteiger partial charge in [0.1, 0.15) is 6.61 Å². The highest BCUT2D eigenvalue weighted by Crippen LogP contribution is 2.16. The van der Waals surface area contributed by atoms with Gasteiger partial charge in [-0.2, -0.15) is 0 Å². The molecule has 106 valence electrons. The summed E-state index contributed by atoms with van der Waals surface area (Å²) in [6.45, 7) is 1.35. The lowest BCUT2D eigenvalue weighted by molar-refractivity contribution is -0.129. The molecule has 4 N–H and O–H groups in total. The fourth-order valence-electron chi connectivity index (χ4n) is 1.50. The Hall–Kier alpha value is -1.85. The van der Waals surface area contributed by atoms with Gasteiger partial charge in [0, 0.05) is 16.7 Å². The second kappa shape index (κ2) is 9.12. The molecule has 2 rings (SSSR count). The van der Waals surface area contributed by atoms with Gasteiger partial charge in [0.2, 0.25) is 0 Å². The predicted octanol–water partition coefficient (Wildman–Crippen LogP) is 2.85. The lowest BCUT2D eigenvalue weighted by Gasteiger charge is -1.99. The van der Waals surface area contributed by atoms with Crippen LogP contribution < -0.4 is 11.5 Å². The topological polar surface area (TPSA) is 78.3 Å². The van der Waals surface area contributed by atoms with E-state index in [2.05, 4.69) is 20.7 Å². The zero-order valence-electron chi connectivity index (χ0n) is 11.0. The van der Waals surface area contributed by atoms with E-state index in [1.54, 1.807) is 0 Å². The molecular formula is C15H17BrN2O2. The van der Waals surface area contributed by atoms with Crippen molar-refractivity contribution in [3.05, 3.63) is 64.1 Å². The summed E-state index contributed by atoms with van der Waals surface area (Å²) in [6.07, 6.45) is 0. The second-order valence-electron chi connectivity index (χ2n) is 3.99. The molecule has 0 aromatic heterocycles. The predicted molar refractivity (Wildman–Crippen MR) is 83.7 cm³/mol. The Bertz CT molecular complexity index is 512. The minimum atomic E-state index is 0.365. The van der Waals surface area contributed by atoms with Crippen LogP contribution in [0.5, 0.6) is 0 Å². The van der Waals surface area contributed by atoms with Crippen molar-refractivity contribution in [2.45, 2.75) is 13.2 Å². The average Bonchev–Trinajstić information content (AvgIpc) is 2.46. The third-order valence-electron chi connectivity index (χ3n) is 2.38. The maximum atomic E-state index is 9.76. The Balaban J connectivity index is 0.000000200. The van der Waals surface area contributed by atoms with Crippen molar-refractivity contribution in [1.29, 1.82) is 0 Å². The first-order chi connectivity index (χ1) is 9.65. The molecule has 0 saturated heterocycles. The highest BCUT2D eigenvalue weighted by Gasteiger charge is 1.93. The largest absolute Gasteiger partial charge is 0.463 e. The van der Waals surface area contributed by atoms with E-state index in [9.17, 15) is 4.79 Å². The van der Waals surface area contributed by atoms with Crippen LogP contribution in [0.3, 0.4) is 0 Å². The van der Waals surface area contributed by atoms with E-state index < -0.39 is 0 Å². The van der Waals surface area contributed by atoms with Crippen LogP contribution in [0.15, 0.2) is 53.0 Å². The first-order valence-electron chi connectivity index (χ1n) is 6.00. The monoisotopic (exact) mass is 336 g/mol. The van der Waals surface area contributed by atoms with Crippen molar-refractivity contribution in [3.8, 4) is 0 Å². The summed E-state index contributed by atoms with van der Waals surface area (Å²) < 4.78 is 5.52. The average molecular weight is 337 g/mol. The maximum Gasteiger partial charge on any atom is 0.293 e. The molecule has 0 spiro atoms. The molecule has 0 radical (unpaired) electrons. The van der Waals surface area contributed by atoms with Crippen molar-refractivity contribution in [2.75, 3.05) is 5.73 Å². The Morgan fingerprint density at radius 3 is 2.35 bits per heavy atom. The number of rotatable bonds is 4. The third-order valence-corrected chi connectivity index (χ3v) is 2.83. The Morgan fingerprint density at radius 1 is 1.10 bits per heavy atom. The van der Waals surface area contributed by atoms with Crippen LogP contribution in [0.2, 0.25) is 0 Å². The standard InChI is InChI=1S/C8H8O2.C7H9BrN2/c9-7-10-6-8-4-2-1-3-5-8;8-6-1-5(4-9)2-7(10)3-6/h1-5,7H,6H2;1-3H,4,9-10H2. The number of nitrogens with two attached hydrogens (primary N) is 2. The molecule has 0 heterocycles. The fraction of sp³-hybridized carbons (Fsp3) is 0.133. The zero-order chi connectivity index (χ0) is 14.8. The number of carbonyl (C=O) groups is 1. The molecule has 5 heteroatoms. The summed E-state index contributed by atoms with van der Waals surface area (Å²) in [4.78, 5) is 9.76. The first-order valence-corrected chi connectivity index (χ1v) is 6.79. The molecule has 20 heavy (non-hydrogen) atoms. The molecule has 4 nitrogen and oxygen atoms in total. The van der Waals surface area contributed by atoms with Crippen LogP contribution in [0, 0.1) is 0 Å². The Morgan fingerprint density at radius 2 is 1.80 bits per heavy atom. The van der Waals surface area contributed by atoms with Crippen molar-refractivity contribution < 1.29 is 9.53 Å². The number of halogens is 1. The number of hydrogen-bond donors (Lipinski definition) is 2. The second-order valence-corrected chi connectivity index (χ2v) is 4.91. The third kappa shape index (κ3) is 6.36. The van der Waals surface area contributed by atoms with Crippen LogP contribution in [-0.2, 0) is 22.7 Å². The van der Waals surface area contributed by atoms with Gasteiger partial charge in [-0.1, -0.05) is 46.3 Å². The molecule has 2 aromatic rings. The van der Waals surface area contributed by atoms with E-state index in [4.69, 9.17) is 11.5 Å². The molecule has 0 aliphatic carbocycles. The summed E-state index contributed by atoms with van der Waals surface area (Å²) >= 11 is 3.32. The molecule has 0 aliphatic rings. The molecule has 0 atom stereocenters. The lowest BCUT2D eigenvalue weighted by Crippen LogP contribution is -1.97. The lowest BCUT2D eigenvalue weighted by atomic mass is 10.2. The van der Waals surface area contributed by atoms with Crippen LogP contribution in [0.25, 0.3) is 0 Å². The SMILES string of the molecule is NCc1cc(N)cc(Br)c1.O=COCc1ccccc1. The number of nitrogen functional groups attached to an aromatic ring is 1. The minimum Gasteiger partial charge on any atom is -0.463 e. The highest BCUT2D eigenvalue weighted by molar-refractivity contribution is 9.10. The van der Waals surface area contributed by atoms with Crippen molar-refractivity contribution in [3.63, 3.8) is 0 Å². The molecule has 2 aromatic carbocycles. The van der Waals surface area contributed by atoms with Crippen LogP contribution >= 0.6 is 15.9 Å². The van der Waals surface area contributed by atoms with Gasteiger partial charge >= 0.3 is 0 Å². The molecular weight excluding hydrogens is 320 g/mol. The summed E-state index contributed by atoms with van der Waals surface area (Å²) in [5.74, 6) is 0. The molecule has 0 fully saturated rings. The fourth-order valence-corrected chi connectivity index (χ4v) is 2.06. The normalized spacial score (nSPS) is 9.30. The van der Waals surface area contributed by atoms with Crippen molar-refractivity contribution >= 4 is 28.1 Å². The van der Waals surface area contributed by atoms with Gasteiger partial charge in [-0.15, -0.1) is 0 Å². The number of anilines is 1. The number of carbonyl (C=O) groups excluding carboxylic acids is 1. The summed E-state index contributed by atoms with van der Waals surface area (Å²) in [6, 6.07) is 15.2. The van der Waals surface area contributed by atoms with Gasteiger partial charge in [-0.3, -0.25) is 4.79 Å². The number of hydrogen-bond acceptors (Lipinski definition) is 4. The quantitative estimate of drug-likeness (QED) is 0.664. The summed E-state index contributed by atoms with van der Waals surface area (Å²) in [7, 11) is 0. The Labute approximate surface area is 126 Å².